The lowest BCUT2D eigenvalue weighted by Crippen LogP contribution is -2.50. The third-order valence-corrected chi connectivity index (χ3v) is 1.20. The summed E-state index contributed by atoms with van der Waals surface area (Å²) in [5.41, 5.74) is 10.1. The lowest BCUT2D eigenvalue weighted by atomic mass is 10.6. The fourth-order valence-corrected chi connectivity index (χ4v) is 0.456. The molecule has 0 aliphatic rings. The molecule has 8 nitrogen and oxygen atoms in total. The summed E-state index contributed by atoms with van der Waals surface area (Å²) in [6.45, 7) is 0.483. The van der Waals surface area contributed by atoms with E-state index in [9.17, 15) is 0 Å². The minimum absolute atomic E-state index is 0. The van der Waals surface area contributed by atoms with Gasteiger partial charge in [0.15, 0.2) is 0 Å². The van der Waals surface area contributed by atoms with Gasteiger partial charge in [0, 0.05) is 0 Å². The summed E-state index contributed by atoms with van der Waals surface area (Å²) in [6, 6.07) is 0. The van der Waals surface area contributed by atoms with E-state index < -0.39 is 0 Å². The van der Waals surface area contributed by atoms with Crippen LogP contribution in [0.1, 0.15) is 0 Å². The van der Waals surface area contributed by atoms with Crippen molar-refractivity contribution in [1.29, 1.82) is 10.8 Å². The monoisotopic (exact) mass is 246 g/mol. The Morgan fingerprint density at radius 2 is 1.07 bits per heavy atom. The summed E-state index contributed by atoms with van der Waals surface area (Å²) in [5, 5.41) is 15.8. The maximum absolute atomic E-state index is 6.89. The molecule has 0 bridgehead atoms. The Morgan fingerprint density at radius 3 is 1.21 bits per heavy atom. The van der Waals surface area contributed by atoms with E-state index in [1.807, 2.05) is 0 Å². The van der Waals surface area contributed by atoms with E-state index >= 15 is 0 Å². The van der Waals surface area contributed by atoms with E-state index in [0.717, 1.165) is 10.0 Å². The first kappa shape index (κ1) is 18.8. The van der Waals surface area contributed by atoms with Crippen molar-refractivity contribution in [3.8, 4) is 0 Å². The number of nitrogens with two attached hydrogens (primary N) is 4. The molecule has 0 spiro atoms. The summed E-state index contributed by atoms with van der Waals surface area (Å²) in [4.78, 5) is 0. The number of nitrogens with one attached hydrogen (secondary N) is 2. The first-order valence-corrected chi connectivity index (χ1v) is 3.17. The standard InChI is InChI=1S/C4H14N8.2ClH/c5-3(6)11(9)1-2-12(10)4(7)8;;/h1-2,9-10H2,(H3,5,6)(H3,7,8);2*1H. The summed E-state index contributed by atoms with van der Waals surface area (Å²) in [5.74, 6) is 10.00. The predicted molar refractivity (Wildman–Crippen MR) is 60.1 cm³/mol. The predicted octanol–water partition coefficient (Wildman–Crippen LogP) is -2.03. The molecule has 0 amide bonds. The van der Waals surface area contributed by atoms with Gasteiger partial charge in [0.05, 0.1) is 13.1 Å². The Bertz CT molecular complexity index is 164. The summed E-state index contributed by atoms with van der Waals surface area (Å²) in [7, 11) is 0. The Kier molecular flexibility index (Phi) is 11.6. The lowest BCUT2D eigenvalue weighted by Gasteiger charge is -2.20. The van der Waals surface area contributed by atoms with Crippen LogP contribution in [0.25, 0.3) is 0 Å². The molecule has 0 radical (unpaired) electrons. The van der Waals surface area contributed by atoms with Crippen molar-refractivity contribution in [2.75, 3.05) is 13.1 Å². The lowest BCUT2D eigenvalue weighted by molar-refractivity contribution is 0.345. The minimum atomic E-state index is -0.257. The zero-order valence-electron chi connectivity index (χ0n) is 7.43. The number of halogens is 2. The molecule has 0 saturated carbocycles. The number of hydrazine groups is 2. The smallest absolute Gasteiger partial charge is 0.202 e. The van der Waals surface area contributed by atoms with Crippen LogP contribution >= 0.6 is 24.8 Å². The third-order valence-electron chi connectivity index (χ3n) is 1.20. The SMILES string of the molecule is Cl.Cl.N=C(N)N(N)CCN(N)C(=N)N. The first-order chi connectivity index (χ1) is 5.45. The van der Waals surface area contributed by atoms with Crippen LogP contribution in [0.2, 0.25) is 0 Å². The van der Waals surface area contributed by atoms with Gasteiger partial charge < -0.3 is 11.5 Å². The second kappa shape index (κ2) is 8.63. The Hall–Kier alpha value is -0.960. The van der Waals surface area contributed by atoms with Gasteiger partial charge in [0.1, 0.15) is 0 Å². The summed E-state index contributed by atoms with van der Waals surface area (Å²) < 4.78 is 0. The number of hydrogen-bond acceptors (Lipinski definition) is 4. The van der Waals surface area contributed by atoms with Crippen molar-refractivity contribution < 1.29 is 0 Å². The highest BCUT2D eigenvalue weighted by molar-refractivity contribution is 5.85. The topological polar surface area (TPSA) is 158 Å². The van der Waals surface area contributed by atoms with Crippen molar-refractivity contribution in [3.63, 3.8) is 0 Å². The molecule has 0 aromatic heterocycles. The van der Waals surface area contributed by atoms with E-state index in [0.29, 0.717) is 0 Å². The number of hydrogen-bond donors (Lipinski definition) is 6. The molecule has 0 saturated heterocycles. The van der Waals surface area contributed by atoms with E-state index in [-0.39, 0.29) is 49.8 Å². The molecule has 10 heteroatoms. The van der Waals surface area contributed by atoms with Crippen molar-refractivity contribution in [1.82, 2.24) is 10.0 Å². The van der Waals surface area contributed by atoms with Gasteiger partial charge in [0.25, 0.3) is 0 Å². The number of rotatable bonds is 3. The van der Waals surface area contributed by atoms with Crippen LogP contribution < -0.4 is 23.2 Å². The van der Waals surface area contributed by atoms with Crippen LogP contribution in [0.5, 0.6) is 0 Å². The summed E-state index contributed by atoms with van der Waals surface area (Å²) in [6.07, 6.45) is 0. The van der Waals surface area contributed by atoms with Gasteiger partial charge in [0.2, 0.25) is 11.9 Å². The molecule has 0 aromatic carbocycles. The van der Waals surface area contributed by atoms with E-state index in [1.165, 1.54) is 0 Å². The zero-order valence-corrected chi connectivity index (χ0v) is 9.07. The van der Waals surface area contributed by atoms with Gasteiger partial charge in [-0.3, -0.25) is 20.8 Å². The molecule has 0 aliphatic carbocycles. The molecular formula is C4H16Cl2N8. The van der Waals surface area contributed by atoms with E-state index in [1.54, 1.807) is 0 Å². The van der Waals surface area contributed by atoms with Crippen LogP contribution in [0, 0.1) is 10.8 Å². The second-order valence-electron chi connectivity index (χ2n) is 2.16. The normalized spacial score (nSPS) is 7.86. The van der Waals surface area contributed by atoms with Crippen molar-refractivity contribution in [2.24, 2.45) is 23.2 Å². The molecule has 0 rings (SSSR count). The Balaban J connectivity index is -0.000000605. The molecule has 0 atom stereocenters. The molecule has 0 unspecified atom stereocenters. The van der Waals surface area contributed by atoms with E-state index in [2.05, 4.69) is 0 Å². The fraction of sp³-hybridized carbons (Fsp3) is 0.500. The molecule has 14 heavy (non-hydrogen) atoms. The Morgan fingerprint density at radius 1 is 0.857 bits per heavy atom. The highest BCUT2D eigenvalue weighted by atomic mass is 35.5. The van der Waals surface area contributed by atoms with Gasteiger partial charge in [-0.05, 0) is 0 Å². The van der Waals surface area contributed by atoms with E-state index in [4.69, 9.17) is 34.0 Å². The quantitative estimate of drug-likeness (QED) is 0.146. The largest absolute Gasteiger partial charge is 0.369 e. The zero-order chi connectivity index (χ0) is 9.72. The molecule has 0 aliphatic heterocycles. The van der Waals surface area contributed by atoms with Gasteiger partial charge in [-0.15, -0.1) is 24.8 Å². The van der Waals surface area contributed by atoms with Crippen LogP contribution in [0.4, 0.5) is 0 Å². The molecular weight excluding hydrogens is 231 g/mol. The van der Waals surface area contributed by atoms with Gasteiger partial charge >= 0.3 is 0 Å². The number of nitrogens with zero attached hydrogens (tertiary/aromatic N) is 2. The van der Waals surface area contributed by atoms with Crippen LogP contribution in [0.3, 0.4) is 0 Å². The van der Waals surface area contributed by atoms with Gasteiger partial charge in [-0.25, -0.2) is 11.7 Å². The first-order valence-electron chi connectivity index (χ1n) is 3.17. The van der Waals surface area contributed by atoms with Crippen LogP contribution in [0.15, 0.2) is 0 Å². The maximum Gasteiger partial charge on any atom is 0.202 e. The summed E-state index contributed by atoms with van der Waals surface area (Å²) >= 11 is 0. The molecule has 0 fully saturated rings. The highest BCUT2D eigenvalue weighted by Crippen LogP contribution is 1.78. The maximum atomic E-state index is 6.89. The fourth-order valence-electron chi connectivity index (χ4n) is 0.456. The third kappa shape index (κ3) is 7.68. The Labute approximate surface area is 94.3 Å². The number of guanidine groups is 2. The van der Waals surface area contributed by atoms with Gasteiger partial charge in [-0.1, -0.05) is 0 Å². The van der Waals surface area contributed by atoms with Crippen molar-refractivity contribution in [2.45, 2.75) is 0 Å². The molecule has 0 aromatic rings. The van der Waals surface area contributed by atoms with Crippen molar-refractivity contribution in [3.05, 3.63) is 0 Å². The van der Waals surface area contributed by atoms with Crippen LogP contribution in [-0.2, 0) is 0 Å². The van der Waals surface area contributed by atoms with Crippen molar-refractivity contribution >= 4 is 36.7 Å². The molecule has 10 N–H and O–H groups in total. The molecule has 86 valence electrons. The molecule has 0 heterocycles. The average Bonchev–Trinajstić information content (AvgIpc) is 1.98. The van der Waals surface area contributed by atoms with Gasteiger partial charge in [-0.2, -0.15) is 0 Å². The van der Waals surface area contributed by atoms with Crippen LogP contribution in [-0.4, -0.2) is 35.0 Å². The highest BCUT2D eigenvalue weighted by Gasteiger charge is 2.04. The average molecular weight is 247 g/mol. The second-order valence-corrected chi connectivity index (χ2v) is 2.16. The minimum Gasteiger partial charge on any atom is -0.369 e.